The van der Waals surface area contributed by atoms with Crippen molar-refractivity contribution < 1.29 is 5.11 Å². The van der Waals surface area contributed by atoms with E-state index < -0.39 is 0 Å². The molecule has 0 heterocycles. The molecule has 0 rings (SSSR count). The maximum atomic E-state index is 8.56. The molecule has 0 amide bonds. The van der Waals surface area contributed by atoms with Crippen molar-refractivity contribution in [3.8, 4) is 0 Å². The molecule has 0 aliphatic rings. The van der Waals surface area contributed by atoms with Gasteiger partial charge in [0.2, 0.25) is 0 Å². The SMILES string of the molecule is CCCC(N)C(O)=S. The maximum Gasteiger partial charge on any atom is 0.173 e. The van der Waals surface area contributed by atoms with Gasteiger partial charge in [-0.2, -0.15) is 0 Å². The molecular formula is C5H11NOS. The average molecular weight is 133 g/mol. The van der Waals surface area contributed by atoms with Crippen LogP contribution < -0.4 is 5.73 Å². The van der Waals surface area contributed by atoms with Gasteiger partial charge in [-0.25, -0.2) is 0 Å². The lowest BCUT2D eigenvalue weighted by Gasteiger charge is -2.03. The Bertz CT molecular complexity index is 84.5. The Morgan fingerprint density at radius 3 is 2.50 bits per heavy atom. The number of thiocarbonyl (C=S) groups is 1. The topological polar surface area (TPSA) is 46.2 Å². The molecule has 0 aliphatic carbocycles. The lowest BCUT2D eigenvalue weighted by Crippen LogP contribution is -2.28. The summed E-state index contributed by atoms with van der Waals surface area (Å²) < 4.78 is 0. The summed E-state index contributed by atoms with van der Waals surface area (Å²) in [6.07, 6.45) is 1.73. The predicted octanol–water partition coefficient (Wildman–Crippen LogP) is 0.999. The smallest absolute Gasteiger partial charge is 0.173 e. The largest absolute Gasteiger partial charge is 0.501 e. The number of rotatable bonds is 3. The van der Waals surface area contributed by atoms with Crippen LogP contribution in [0.15, 0.2) is 0 Å². The fraction of sp³-hybridized carbons (Fsp3) is 0.800. The number of aliphatic hydroxyl groups is 1. The molecule has 1 atom stereocenters. The van der Waals surface area contributed by atoms with Crippen molar-refractivity contribution in [1.29, 1.82) is 0 Å². The third-order valence-corrected chi connectivity index (χ3v) is 1.22. The third kappa shape index (κ3) is 2.93. The van der Waals surface area contributed by atoms with Gasteiger partial charge in [-0.3, -0.25) is 0 Å². The minimum Gasteiger partial charge on any atom is -0.501 e. The monoisotopic (exact) mass is 133 g/mol. The van der Waals surface area contributed by atoms with Gasteiger partial charge in [0.1, 0.15) is 0 Å². The highest BCUT2D eigenvalue weighted by Gasteiger charge is 2.03. The molecule has 0 saturated heterocycles. The van der Waals surface area contributed by atoms with Crippen LogP contribution in [0.2, 0.25) is 0 Å². The molecule has 2 nitrogen and oxygen atoms in total. The van der Waals surface area contributed by atoms with Gasteiger partial charge in [-0.15, -0.1) is 0 Å². The Morgan fingerprint density at radius 2 is 2.38 bits per heavy atom. The van der Waals surface area contributed by atoms with Crippen molar-refractivity contribution in [1.82, 2.24) is 0 Å². The van der Waals surface area contributed by atoms with Crippen LogP contribution in [0.4, 0.5) is 0 Å². The molecule has 0 radical (unpaired) electrons. The van der Waals surface area contributed by atoms with E-state index in [0.717, 1.165) is 12.8 Å². The number of hydrogen-bond donors (Lipinski definition) is 2. The standard InChI is InChI=1S/C5H11NOS/c1-2-3-4(6)5(7)8/h4H,2-3,6H2,1H3,(H,7,8). The molecule has 0 bridgehead atoms. The first-order valence-corrected chi connectivity index (χ1v) is 3.07. The zero-order valence-electron chi connectivity index (χ0n) is 4.92. The van der Waals surface area contributed by atoms with Gasteiger partial charge in [0.25, 0.3) is 0 Å². The molecule has 0 spiro atoms. The second kappa shape index (κ2) is 3.80. The van der Waals surface area contributed by atoms with E-state index >= 15 is 0 Å². The Hall–Kier alpha value is -0.150. The molecule has 0 aromatic rings. The maximum absolute atomic E-state index is 8.56. The van der Waals surface area contributed by atoms with Crippen LogP contribution in [0.25, 0.3) is 0 Å². The van der Waals surface area contributed by atoms with Crippen LogP contribution in [-0.4, -0.2) is 16.2 Å². The summed E-state index contributed by atoms with van der Waals surface area (Å²) in [4.78, 5) is 0. The van der Waals surface area contributed by atoms with Crippen molar-refractivity contribution in [3.63, 3.8) is 0 Å². The van der Waals surface area contributed by atoms with Gasteiger partial charge in [0, 0.05) is 0 Å². The van der Waals surface area contributed by atoms with Gasteiger partial charge < -0.3 is 10.8 Å². The quantitative estimate of drug-likeness (QED) is 0.564. The molecule has 0 aliphatic heterocycles. The van der Waals surface area contributed by atoms with E-state index in [1.54, 1.807) is 0 Å². The van der Waals surface area contributed by atoms with Gasteiger partial charge in [0.05, 0.1) is 6.04 Å². The number of aliphatic hydroxyl groups excluding tert-OH is 1. The van der Waals surface area contributed by atoms with E-state index in [-0.39, 0.29) is 11.1 Å². The Balaban J connectivity index is 3.32. The minimum atomic E-state index is -0.296. The second-order valence-electron chi connectivity index (χ2n) is 1.73. The fourth-order valence-electron chi connectivity index (χ4n) is 0.434. The van der Waals surface area contributed by atoms with Crippen molar-refractivity contribution in [3.05, 3.63) is 0 Å². The van der Waals surface area contributed by atoms with Gasteiger partial charge >= 0.3 is 0 Å². The van der Waals surface area contributed by atoms with Gasteiger partial charge in [-0.1, -0.05) is 13.3 Å². The first-order valence-electron chi connectivity index (χ1n) is 2.67. The summed E-state index contributed by atoms with van der Waals surface area (Å²) in [5.74, 6) is 0. The molecular weight excluding hydrogens is 122 g/mol. The third-order valence-electron chi connectivity index (χ3n) is 0.917. The number of nitrogens with two attached hydrogens (primary N) is 1. The van der Waals surface area contributed by atoms with Crippen LogP contribution in [0.1, 0.15) is 19.8 Å². The Morgan fingerprint density at radius 1 is 1.88 bits per heavy atom. The molecule has 3 N–H and O–H groups in total. The zero-order valence-corrected chi connectivity index (χ0v) is 5.74. The lowest BCUT2D eigenvalue weighted by atomic mass is 10.2. The summed E-state index contributed by atoms with van der Waals surface area (Å²) in [5, 5.41) is 8.48. The predicted molar refractivity (Wildman–Crippen MR) is 38.1 cm³/mol. The van der Waals surface area contributed by atoms with E-state index in [2.05, 4.69) is 12.2 Å². The van der Waals surface area contributed by atoms with Crippen molar-refractivity contribution in [2.75, 3.05) is 0 Å². The van der Waals surface area contributed by atoms with Crippen molar-refractivity contribution in [2.24, 2.45) is 5.73 Å². The lowest BCUT2D eigenvalue weighted by molar-refractivity contribution is 0.519. The average Bonchev–Trinajstić information content (AvgIpc) is 1.67. The Kier molecular flexibility index (Phi) is 3.73. The van der Waals surface area contributed by atoms with E-state index in [9.17, 15) is 0 Å². The summed E-state index contributed by atoms with van der Waals surface area (Å²) in [7, 11) is 0. The zero-order chi connectivity index (χ0) is 6.57. The van der Waals surface area contributed by atoms with Crippen molar-refractivity contribution >= 4 is 17.3 Å². The molecule has 3 heteroatoms. The van der Waals surface area contributed by atoms with Gasteiger partial charge in [-0.05, 0) is 18.6 Å². The van der Waals surface area contributed by atoms with Gasteiger partial charge in [0.15, 0.2) is 5.05 Å². The molecule has 8 heavy (non-hydrogen) atoms. The van der Waals surface area contributed by atoms with E-state index in [1.165, 1.54) is 0 Å². The van der Waals surface area contributed by atoms with Crippen LogP contribution in [0.5, 0.6) is 0 Å². The summed E-state index contributed by atoms with van der Waals surface area (Å²) in [6.45, 7) is 2.00. The molecule has 0 aromatic carbocycles. The van der Waals surface area contributed by atoms with E-state index in [1.807, 2.05) is 6.92 Å². The summed E-state index contributed by atoms with van der Waals surface area (Å²) in [5.41, 5.74) is 5.34. The molecule has 0 saturated carbocycles. The first-order chi connectivity index (χ1) is 3.68. The number of hydrogen-bond acceptors (Lipinski definition) is 2. The highest BCUT2D eigenvalue weighted by molar-refractivity contribution is 7.80. The second-order valence-corrected chi connectivity index (χ2v) is 2.15. The highest BCUT2D eigenvalue weighted by Crippen LogP contribution is 1.93. The van der Waals surface area contributed by atoms with E-state index in [4.69, 9.17) is 10.8 Å². The van der Waals surface area contributed by atoms with Crippen molar-refractivity contribution in [2.45, 2.75) is 25.8 Å². The Labute approximate surface area is 54.7 Å². The van der Waals surface area contributed by atoms with E-state index in [0.29, 0.717) is 0 Å². The summed E-state index contributed by atoms with van der Waals surface area (Å²) in [6, 6.07) is -0.296. The fourth-order valence-corrected chi connectivity index (χ4v) is 0.552. The minimum absolute atomic E-state index is 0.0770. The normalized spacial score (nSPS) is 13.2. The summed E-state index contributed by atoms with van der Waals surface area (Å²) >= 11 is 4.41. The van der Waals surface area contributed by atoms with Crippen LogP contribution in [-0.2, 0) is 0 Å². The highest BCUT2D eigenvalue weighted by atomic mass is 32.1. The molecule has 1 unspecified atom stereocenters. The molecule has 0 aromatic heterocycles. The van der Waals surface area contributed by atoms with Crippen LogP contribution in [0.3, 0.4) is 0 Å². The molecule has 0 fully saturated rings. The van der Waals surface area contributed by atoms with Crippen LogP contribution >= 0.6 is 12.2 Å². The molecule has 48 valence electrons. The van der Waals surface area contributed by atoms with Crippen LogP contribution in [0, 0.1) is 0 Å². The first kappa shape index (κ1) is 7.85.